The Morgan fingerprint density at radius 2 is 0.533 bits per heavy atom. The molecule has 0 amide bonds. The van der Waals surface area contributed by atoms with E-state index in [4.69, 9.17) is 0 Å². The Bertz CT molecular complexity index is 7750. The second-order valence-electron chi connectivity index (χ2n) is 43.5. The van der Waals surface area contributed by atoms with Crippen LogP contribution in [-0.2, 0) is 32.5 Å². The summed E-state index contributed by atoms with van der Waals surface area (Å²) in [6, 6.07) is 154. The summed E-state index contributed by atoms with van der Waals surface area (Å²) in [4.78, 5) is 10.9. The van der Waals surface area contributed by atoms with E-state index in [1.807, 2.05) is 0 Å². The van der Waals surface area contributed by atoms with E-state index in [9.17, 15) is 0 Å². The van der Waals surface area contributed by atoms with Crippen molar-refractivity contribution in [1.29, 1.82) is 0 Å². The van der Waals surface area contributed by atoms with Crippen molar-refractivity contribution in [3.05, 3.63) is 444 Å². The average molecular weight is 1740 g/mol. The second-order valence-corrected chi connectivity index (χ2v) is 43.5. The molecule has 4 aliphatic heterocycles. The topological polar surface area (TPSA) is 13.0 Å². The molecule has 6 aliphatic rings. The maximum absolute atomic E-state index is 2.77. The summed E-state index contributed by atoms with van der Waals surface area (Å²) < 4.78 is 0. The standard InChI is InChI=1S/C129H110B2N4/c1-124(2,3)88-50-40-51-93(75-88)132-112-64-38-35-61-106(112)130-108-79-109-115(80-114(108)133(110-63-37-31-52-94(110)81-42-20-16-21-43-81)118-73-87(72-116(132)121(118)130)95-56-41-57-99-98-55-30-34-60-105(98)129(120(95)99)103-58-32-28-53-96(103)97-54-29-33-59-104(97)129)134(111-67-66-89(125(4,5)6)76-100(111)82-44-22-17-23-45-82)117-70-86(85-68-90(126(7,8)9)74-91(69-85)127(10,11)12)71-119-122(117)131(109)107-62-36-39-65-113(107)135(119)123-101(83-46-24-18-25-47-83)77-92(128(13,14)15)78-102(123)84-48-26-19-27-49-84/h16-80H,1-15H3. The van der Waals surface area contributed by atoms with Crippen molar-refractivity contribution in [2.45, 2.75) is 136 Å². The number of rotatable bonds is 10. The van der Waals surface area contributed by atoms with Gasteiger partial charge in [-0.2, -0.15) is 0 Å². The molecule has 4 nitrogen and oxygen atoms in total. The molecule has 6 heteroatoms. The molecule has 0 saturated heterocycles. The molecule has 0 atom stereocenters. The van der Waals surface area contributed by atoms with Crippen molar-refractivity contribution in [3.8, 4) is 89.0 Å². The molecular formula is C129H110B2N4. The van der Waals surface area contributed by atoms with Gasteiger partial charge < -0.3 is 19.6 Å². The Kier molecular flexibility index (Phi) is 18.9. The summed E-state index contributed by atoms with van der Waals surface area (Å²) in [5.74, 6) is 0. The first-order chi connectivity index (χ1) is 65.2. The van der Waals surface area contributed by atoms with Gasteiger partial charge in [-0.3, -0.25) is 0 Å². The zero-order valence-corrected chi connectivity index (χ0v) is 80.0. The van der Waals surface area contributed by atoms with Crippen LogP contribution in [0.5, 0.6) is 0 Å². The molecule has 2 aliphatic carbocycles. The number of para-hydroxylation sites is 3. The lowest BCUT2D eigenvalue weighted by Gasteiger charge is -2.48. The van der Waals surface area contributed by atoms with E-state index in [-0.39, 0.29) is 40.5 Å². The van der Waals surface area contributed by atoms with E-state index < -0.39 is 5.41 Å². The number of nitrogens with zero attached hydrogens (tertiary/aromatic N) is 4. The highest BCUT2D eigenvalue weighted by molar-refractivity contribution is 7.03. The minimum atomic E-state index is -0.655. The van der Waals surface area contributed by atoms with Crippen molar-refractivity contribution in [3.63, 3.8) is 0 Å². The SMILES string of the molecule is CC(C)(C)c1cccc(N2c3ccccc3B3c4cc5c(cc4N(c4ccccc4-c4ccccc4)c4cc(-c6cccc7c6C6(c8ccccc8-c8ccccc86)c6ccccc6-7)cc2c43)N(c2ccc(C(C)(C)C)cc2-c2ccccc2)c2cc(-c3cc(C(C)(C)C)cc(C(C)(C)C)c3)cc3c2B5c2ccccc2N3c2c(-c3ccccc3)cc(C(C)(C)C)cc2-c2ccccc2)c1. The Morgan fingerprint density at radius 3 is 1.03 bits per heavy atom. The van der Waals surface area contributed by atoms with Crippen LogP contribution in [0.4, 0.5) is 68.2 Å². The minimum Gasteiger partial charge on any atom is -0.311 e. The molecule has 1 spiro atoms. The van der Waals surface area contributed by atoms with Gasteiger partial charge in [-0.1, -0.05) is 413 Å². The van der Waals surface area contributed by atoms with Crippen LogP contribution in [0.2, 0.25) is 0 Å². The Balaban J connectivity index is 0.874. The Morgan fingerprint density at radius 1 is 0.185 bits per heavy atom. The van der Waals surface area contributed by atoms with Gasteiger partial charge in [0.1, 0.15) is 0 Å². The molecule has 0 radical (unpaired) electrons. The van der Waals surface area contributed by atoms with Crippen molar-refractivity contribution in [2.24, 2.45) is 0 Å². The summed E-state index contributed by atoms with van der Waals surface area (Å²) in [6.45, 7) is 34.9. The molecular weight excluding hydrogens is 1630 g/mol. The maximum atomic E-state index is 2.77. The Labute approximate surface area is 798 Å². The van der Waals surface area contributed by atoms with Gasteiger partial charge in [-0.05, 0) is 262 Å². The normalized spacial score (nSPS) is 14.0. The van der Waals surface area contributed by atoms with Crippen molar-refractivity contribution >= 4 is 114 Å². The number of hydrogen-bond donors (Lipinski definition) is 0. The zero-order valence-electron chi connectivity index (χ0n) is 80.0. The van der Waals surface area contributed by atoms with Crippen molar-refractivity contribution in [1.82, 2.24) is 0 Å². The van der Waals surface area contributed by atoms with Crippen LogP contribution in [0.1, 0.15) is 154 Å². The van der Waals surface area contributed by atoms with Crippen molar-refractivity contribution in [2.75, 3.05) is 19.6 Å². The summed E-state index contributed by atoms with van der Waals surface area (Å²) in [7, 11) is 0. The van der Waals surface area contributed by atoms with Crippen molar-refractivity contribution < 1.29 is 0 Å². The van der Waals surface area contributed by atoms with Crippen LogP contribution >= 0.6 is 0 Å². The molecule has 18 aromatic carbocycles. The van der Waals surface area contributed by atoms with Crippen LogP contribution in [-0.4, -0.2) is 13.4 Å². The fourth-order valence-electron chi connectivity index (χ4n) is 23.5. The second kappa shape index (κ2) is 30.7. The summed E-state index contributed by atoms with van der Waals surface area (Å²) in [5, 5.41) is 0. The number of hydrogen-bond acceptors (Lipinski definition) is 4. The molecule has 0 saturated carbocycles. The molecule has 18 aromatic rings. The van der Waals surface area contributed by atoms with Gasteiger partial charge in [0, 0.05) is 73.4 Å². The molecule has 4 heterocycles. The van der Waals surface area contributed by atoms with E-state index in [0.717, 1.165) is 113 Å². The minimum absolute atomic E-state index is 0.162. The van der Waals surface area contributed by atoms with E-state index in [0.29, 0.717) is 0 Å². The first-order valence-corrected chi connectivity index (χ1v) is 48.4. The van der Waals surface area contributed by atoms with Crippen LogP contribution in [0.3, 0.4) is 0 Å². The van der Waals surface area contributed by atoms with E-state index >= 15 is 0 Å². The molecule has 0 fully saturated rings. The average Bonchev–Trinajstić information content (AvgIpc) is 1.60. The molecule has 0 bridgehead atoms. The fourth-order valence-corrected chi connectivity index (χ4v) is 23.5. The van der Waals surface area contributed by atoms with Crippen LogP contribution in [0.15, 0.2) is 394 Å². The van der Waals surface area contributed by atoms with Crippen LogP contribution < -0.4 is 52.4 Å². The van der Waals surface area contributed by atoms with Gasteiger partial charge in [0.2, 0.25) is 0 Å². The van der Waals surface area contributed by atoms with Gasteiger partial charge >= 0.3 is 0 Å². The lowest BCUT2D eigenvalue weighted by molar-refractivity contribution is 0.569. The fraction of sp³-hybridized carbons (Fsp3) is 0.163. The molecule has 652 valence electrons. The third kappa shape index (κ3) is 13.1. The molecule has 0 aromatic heterocycles. The summed E-state index contributed by atoms with van der Waals surface area (Å²) >= 11 is 0. The highest BCUT2D eigenvalue weighted by atomic mass is 15.2. The first-order valence-electron chi connectivity index (χ1n) is 48.4. The molecule has 24 rings (SSSR count). The van der Waals surface area contributed by atoms with Gasteiger partial charge in [0.15, 0.2) is 0 Å². The summed E-state index contributed by atoms with van der Waals surface area (Å²) in [5.41, 5.74) is 50.0. The highest BCUT2D eigenvalue weighted by Crippen LogP contribution is 2.66. The van der Waals surface area contributed by atoms with E-state index in [2.05, 4.69) is 518 Å². The zero-order chi connectivity index (χ0) is 92.3. The third-order valence-corrected chi connectivity index (χ3v) is 30.2. The monoisotopic (exact) mass is 1740 g/mol. The van der Waals surface area contributed by atoms with Gasteiger partial charge in [0.25, 0.3) is 13.4 Å². The third-order valence-electron chi connectivity index (χ3n) is 30.2. The number of anilines is 12. The first kappa shape index (κ1) is 83.4. The van der Waals surface area contributed by atoms with E-state index in [1.54, 1.807) is 0 Å². The van der Waals surface area contributed by atoms with Gasteiger partial charge in [-0.15, -0.1) is 0 Å². The Hall–Kier alpha value is -14.7. The van der Waals surface area contributed by atoms with Crippen LogP contribution in [0, 0.1) is 0 Å². The molecule has 0 N–H and O–H groups in total. The number of fused-ring (bicyclic) bond motifs is 18. The van der Waals surface area contributed by atoms with E-state index in [1.165, 1.54) is 127 Å². The predicted octanol–water partition coefficient (Wildman–Crippen LogP) is 30.7. The smallest absolute Gasteiger partial charge is 0.252 e. The predicted molar refractivity (Wildman–Crippen MR) is 577 cm³/mol. The molecule has 135 heavy (non-hydrogen) atoms. The lowest BCUT2D eigenvalue weighted by Crippen LogP contribution is -2.65. The number of benzene rings is 18. The largest absolute Gasteiger partial charge is 0.311 e. The quantitative estimate of drug-likeness (QED) is 0.127. The lowest BCUT2D eigenvalue weighted by atomic mass is 9.30. The van der Waals surface area contributed by atoms with Crippen LogP contribution in [0.25, 0.3) is 89.0 Å². The maximum Gasteiger partial charge on any atom is 0.252 e. The highest BCUT2D eigenvalue weighted by Gasteiger charge is 2.55. The molecule has 0 unspecified atom stereocenters. The summed E-state index contributed by atoms with van der Waals surface area (Å²) in [6.07, 6.45) is 0. The van der Waals surface area contributed by atoms with Gasteiger partial charge in [-0.25, -0.2) is 0 Å². The van der Waals surface area contributed by atoms with Gasteiger partial charge in [0.05, 0.1) is 22.5 Å².